The number of carbonyl (C=O) groups is 1. The van der Waals surface area contributed by atoms with Crippen LogP contribution in [0.2, 0.25) is 0 Å². The lowest BCUT2D eigenvalue weighted by Crippen LogP contribution is -2.49. The first-order valence-corrected chi connectivity index (χ1v) is 8.45. The van der Waals surface area contributed by atoms with E-state index in [0.717, 1.165) is 0 Å². The maximum absolute atomic E-state index is 12.4. The minimum absolute atomic E-state index is 0.100. The zero-order chi connectivity index (χ0) is 20.1. The van der Waals surface area contributed by atoms with E-state index in [4.69, 9.17) is 5.26 Å². The van der Waals surface area contributed by atoms with Crippen LogP contribution in [-0.2, 0) is 11.2 Å². The molecule has 0 radical (unpaired) electrons. The lowest BCUT2D eigenvalue weighted by atomic mass is 10.1. The average Bonchev–Trinajstić information content (AvgIpc) is 2.68. The van der Waals surface area contributed by atoms with Gasteiger partial charge in [0.2, 0.25) is 5.91 Å². The summed E-state index contributed by atoms with van der Waals surface area (Å²) in [6.45, 7) is 2.14. The van der Waals surface area contributed by atoms with Crippen molar-refractivity contribution in [3.8, 4) is 11.8 Å². The highest BCUT2D eigenvalue weighted by Gasteiger charge is 2.31. The Morgan fingerprint density at radius 1 is 1.07 bits per heavy atom. The first-order valence-electron chi connectivity index (χ1n) is 8.45. The molecular formula is C18H16F3N5O2. The van der Waals surface area contributed by atoms with Crippen molar-refractivity contribution in [3.63, 3.8) is 0 Å². The van der Waals surface area contributed by atoms with Crippen LogP contribution in [-0.4, -0.2) is 53.5 Å². The molecule has 1 amide bonds. The molecular weight excluding hydrogens is 375 g/mol. The van der Waals surface area contributed by atoms with E-state index in [9.17, 15) is 18.0 Å². The molecule has 1 aliphatic heterocycles. The molecule has 0 unspecified atom stereocenters. The summed E-state index contributed by atoms with van der Waals surface area (Å²) >= 11 is 0. The summed E-state index contributed by atoms with van der Waals surface area (Å²) in [5, 5.41) is 16.6. The van der Waals surface area contributed by atoms with Crippen LogP contribution >= 0.6 is 0 Å². The minimum Gasteiger partial charge on any atom is -0.406 e. The fraction of sp³-hybridized carbons (Fsp3) is 0.333. The van der Waals surface area contributed by atoms with Gasteiger partial charge in [0.25, 0.3) is 0 Å². The zero-order valence-corrected chi connectivity index (χ0v) is 14.7. The lowest BCUT2D eigenvalue weighted by molar-refractivity contribution is -0.274. The summed E-state index contributed by atoms with van der Waals surface area (Å²) < 4.78 is 40.3. The number of rotatable bonds is 4. The molecule has 0 N–H and O–H groups in total. The van der Waals surface area contributed by atoms with E-state index in [1.54, 1.807) is 17.0 Å². The number of hydrogen-bond acceptors (Lipinski definition) is 6. The number of aromatic nitrogens is 2. The number of nitrogens with zero attached hydrogens (tertiary/aromatic N) is 5. The Kier molecular flexibility index (Phi) is 5.63. The van der Waals surface area contributed by atoms with Gasteiger partial charge in [-0.2, -0.15) is 5.26 Å². The summed E-state index contributed by atoms with van der Waals surface area (Å²) in [5.41, 5.74) is 0.851. The predicted molar refractivity (Wildman–Crippen MR) is 92.4 cm³/mol. The summed E-state index contributed by atoms with van der Waals surface area (Å²) in [5.74, 6) is 0.224. The Bertz CT molecular complexity index is 855. The quantitative estimate of drug-likeness (QED) is 0.794. The molecule has 10 heteroatoms. The van der Waals surface area contributed by atoms with Crippen molar-refractivity contribution in [3.05, 3.63) is 47.7 Å². The average molecular weight is 391 g/mol. The van der Waals surface area contributed by atoms with Gasteiger partial charge in [0, 0.05) is 26.2 Å². The molecule has 0 atom stereocenters. The molecule has 28 heavy (non-hydrogen) atoms. The van der Waals surface area contributed by atoms with Crippen molar-refractivity contribution in [2.45, 2.75) is 12.8 Å². The lowest BCUT2D eigenvalue weighted by Gasteiger charge is -2.35. The monoisotopic (exact) mass is 391 g/mol. The van der Waals surface area contributed by atoms with Gasteiger partial charge in [-0.1, -0.05) is 12.1 Å². The molecule has 1 aromatic heterocycles. The van der Waals surface area contributed by atoms with Crippen molar-refractivity contribution in [1.29, 1.82) is 5.26 Å². The molecule has 0 saturated carbocycles. The molecule has 2 aromatic rings. The maximum atomic E-state index is 12.4. The summed E-state index contributed by atoms with van der Waals surface area (Å²) in [6, 6.07) is 10.5. The standard InChI is InChI=1S/C18H16F3N5O2/c19-18(20,21)28-15-4-1-13(2-5-15)11-17(27)26-9-7-25(8-10-26)16-6-3-14(12-22)23-24-16/h1-6H,7-11H2. The molecule has 1 aromatic carbocycles. The van der Waals surface area contributed by atoms with Crippen LogP contribution < -0.4 is 9.64 Å². The molecule has 1 saturated heterocycles. The predicted octanol–water partition coefficient (Wildman–Crippen LogP) is 2.14. The molecule has 7 nitrogen and oxygen atoms in total. The normalized spacial score (nSPS) is 14.5. The fourth-order valence-corrected chi connectivity index (χ4v) is 2.83. The number of alkyl halides is 3. The van der Waals surface area contributed by atoms with Crippen molar-refractivity contribution in [2.24, 2.45) is 0 Å². The van der Waals surface area contributed by atoms with Crippen LogP contribution in [0.4, 0.5) is 19.0 Å². The Labute approximate surface area is 158 Å². The van der Waals surface area contributed by atoms with E-state index >= 15 is 0 Å². The number of ether oxygens (including phenoxy) is 1. The molecule has 0 bridgehead atoms. The maximum Gasteiger partial charge on any atom is 0.573 e. The van der Waals surface area contributed by atoms with E-state index < -0.39 is 6.36 Å². The van der Waals surface area contributed by atoms with E-state index in [0.29, 0.717) is 37.6 Å². The molecule has 0 aliphatic carbocycles. The van der Waals surface area contributed by atoms with E-state index in [2.05, 4.69) is 14.9 Å². The number of hydrogen-bond donors (Lipinski definition) is 0. The summed E-state index contributed by atoms with van der Waals surface area (Å²) in [6.07, 6.45) is -4.64. The minimum atomic E-state index is -4.74. The van der Waals surface area contributed by atoms with Crippen LogP contribution in [0.15, 0.2) is 36.4 Å². The van der Waals surface area contributed by atoms with Gasteiger partial charge in [0.05, 0.1) is 6.42 Å². The molecule has 0 spiro atoms. The highest BCUT2D eigenvalue weighted by atomic mass is 19.4. The van der Waals surface area contributed by atoms with Crippen LogP contribution in [0.5, 0.6) is 5.75 Å². The zero-order valence-electron chi connectivity index (χ0n) is 14.7. The number of nitriles is 1. The SMILES string of the molecule is N#Cc1ccc(N2CCN(C(=O)Cc3ccc(OC(F)(F)F)cc3)CC2)nn1. The number of amides is 1. The Morgan fingerprint density at radius 3 is 2.29 bits per heavy atom. The van der Waals surface area contributed by atoms with Gasteiger partial charge in [-0.3, -0.25) is 4.79 Å². The third kappa shape index (κ3) is 5.09. The Morgan fingerprint density at radius 2 is 1.75 bits per heavy atom. The van der Waals surface area contributed by atoms with Gasteiger partial charge in [-0.05, 0) is 29.8 Å². The second-order valence-electron chi connectivity index (χ2n) is 6.12. The van der Waals surface area contributed by atoms with E-state index in [1.165, 1.54) is 24.3 Å². The second-order valence-corrected chi connectivity index (χ2v) is 6.12. The molecule has 1 fully saturated rings. The van der Waals surface area contributed by atoms with Crippen LogP contribution in [0.1, 0.15) is 11.3 Å². The van der Waals surface area contributed by atoms with Gasteiger partial charge < -0.3 is 14.5 Å². The number of halogens is 3. The van der Waals surface area contributed by atoms with Gasteiger partial charge in [-0.15, -0.1) is 23.4 Å². The molecule has 3 rings (SSSR count). The second kappa shape index (κ2) is 8.12. The van der Waals surface area contributed by atoms with Gasteiger partial charge in [-0.25, -0.2) is 0 Å². The largest absolute Gasteiger partial charge is 0.573 e. The molecule has 146 valence electrons. The number of benzene rings is 1. The first-order chi connectivity index (χ1) is 13.3. The number of piperazine rings is 1. The van der Waals surface area contributed by atoms with E-state index in [1.807, 2.05) is 11.0 Å². The Balaban J connectivity index is 1.51. The first kappa shape index (κ1) is 19.4. The van der Waals surface area contributed by atoms with Gasteiger partial charge >= 0.3 is 6.36 Å². The summed E-state index contributed by atoms with van der Waals surface area (Å²) in [4.78, 5) is 16.1. The number of anilines is 1. The molecule has 2 heterocycles. The van der Waals surface area contributed by atoms with Crippen LogP contribution in [0.25, 0.3) is 0 Å². The smallest absolute Gasteiger partial charge is 0.406 e. The highest BCUT2D eigenvalue weighted by molar-refractivity contribution is 5.79. The van der Waals surface area contributed by atoms with Crippen LogP contribution in [0.3, 0.4) is 0 Å². The topological polar surface area (TPSA) is 82.4 Å². The van der Waals surface area contributed by atoms with Gasteiger partial charge in [0.15, 0.2) is 11.5 Å². The Hall–Kier alpha value is -3.35. The van der Waals surface area contributed by atoms with Crippen molar-refractivity contribution < 1.29 is 22.7 Å². The highest BCUT2D eigenvalue weighted by Crippen LogP contribution is 2.23. The van der Waals surface area contributed by atoms with Crippen molar-refractivity contribution in [1.82, 2.24) is 15.1 Å². The summed E-state index contributed by atoms with van der Waals surface area (Å²) in [7, 11) is 0. The fourth-order valence-electron chi connectivity index (χ4n) is 2.83. The molecule has 1 aliphatic rings. The number of carbonyl (C=O) groups excluding carboxylic acids is 1. The van der Waals surface area contributed by atoms with Gasteiger partial charge in [0.1, 0.15) is 11.8 Å². The van der Waals surface area contributed by atoms with Crippen molar-refractivity contribution in [2.75, 3.05) is 31.1 Å². The van der Waals surface area contributed by atoms with Crippen molar-refractivity contribution >= 4 is 11.7 Å². The van der Waals surface area contributed by atoms with E-state index in [-0.39, 0.29) is 23.8 Å². The third-order valence-electron chi connectivity index (χ3n) is 4.23. The van der Waals surface area contributed by atoms with Crippen LogP contribution in [0, 0.1) is 11.3 Å². The third-order valence-corrected chi connectivity index (χ3v) is 4.23.